The molecule has 3 atom stereocenters. The van der Waals surface area contributed by atoms with E-state index in [1.54, 1.807) is 0 Å². The second-order valence-electron chi connectivity index (χ2n) is 2.80. The highest BCUT2D eigenvalue weighted by molar-refractivity contribution is 4.72. The van der Waals surface area contributed by atoms with Crippen LogP contribution in [0.3, 0.4) is 0 Å². The fourth-order valence-corrected chi connectivity index (χ4v) is 1.17. The van der Waals surface area contributed by atoms with E-state index in [2.05, 4.69) is 0 Å². The van der Waals surface area contributed by atoms with Crippen molar-refractivity contribution in [3.8, 4) is 0 Å². The predicted molar refractivity (Wildman–Crippen MR) is 35.2 cm³/mol. The van der Waals surface area contributed by atoms with Gasteiger partial charge in [0.15, 0.2) is 0 Å². The van der Waals surface area contributed by atoms with Crippen LogP contribution in [0.15, 0.2) is 0 Å². The molecule has 0 spiro atoms. The maximum absolute atomic E-state index is 9.17. The van der Waals surface area contributed by atoms with Gasteiger partial charge in [0.25, 0.3) is 0 Å². The molecule has 0 amide bonds. The van der Waals surface area contributed by atoms with Gasteiger partial charge < -0.3 is 9.84 Å². The zero-order valence-corrected chi connectivity index (χ0v) is 6.00. The fraction of sp³-hybridized carbons (Fsp3) is 1.00. The highest BCUT2D eigenvalue weighted by Gasteiger charge is 2.23. The van der Waals surface area contributed by atoms with Gasteiger partial charge in [0, 0.05) is 0 Å². The van der Waals surface area contributed by atoms with Gasteiger partial charge in [0.1, 0.15) is 0 Å². The minimum absolute atomic E-state index is 0.0359. The van der Waals surface area contributed by atoms with E-state index in [0.717, 1.165) is 12.8 Å². The smallest absolute Gasteiger partial charge is 0.0809 e. The molecule has 2 heteroatoms. The number of aliphatic hydroxyl groups excluding tert-OH is 1. The largest absolute Gasteiger partial charge is 0.390 e. The number of hydrogen-bond acceptors (Lipinski definition) is 2. The second kappa shape index (κ2) is 2.67. The van der Waals surface area contributed by atoms with Crippen LogP contribution in [-0.2, 0) is 4.74 Å². The first-order chi connectivity index (χ1) is 4.20. The third-order valence-corrected chi connectivity index (χ3v) is 1.86. The molecule has 0 bridgehead atoms. The van der Waals surface area contributed by atoms with Gasteiger partial charge in [-0.2, -0.15) is 0 Å². The highest BCUT2D eigenvalue weighted by atomic mass is 16.5. The first-order valence-corrected chi connectivity index (χ1v) is 3.53. The van der Waals surface area contributed by atoms with E-state index < -0.39 is 0 Å². The molecule has 0 aromatic heterocycles. The lowest BCUT2D eigenvalue weighted by molar-refractivity contribution is -0.101. The summed E-state index contributed by atoms with van der Waals surface area (Å²) in [6.07, 6.45) is 2.02. The normalized spacial score (nSPS) is 45.0. The summed E-state index contributed by atoms with van der Waals surface area (Å²) in [4.78, 5) is 0. The van der Waals surface area contributed by atoms with Gasteiger partial charge in [-0.05, 0) is 26.7 Å². The van der Waals surface area contributed by atoms with Crippen molar-refractivity contribution in [1.29, 1.82) is 0 Å². The van der Waals surface area contributed by atoms with Crippen LogP contribution in [0, 0.1) is 0 Å². The monoisotopic (exact) mass is 130 g/mol. The van der Waals surface area contributed by atoms with Gasteiger partial charge in [0.05, 0.1) is 18.3 Å². The molecule has 1 aliphatic rings. The number of hydrogen-bond donors (Lipinski definition) is 1. The molecule has 0 aromatic rings. The van der Waals surface area contributed by atoms with Crippen LogP contribution >= 0.6 is 0 Å². The Bertz CT molecular complexity index is 92.9. The van der Waals surface area contributed by atoms with Crippen LogP contribution in [0.2, 0.25) is 0 Å². The van der Waals surface area contributed by atoms with E-state index in [1.807, 2.05) is 13.8 Å². The topological polar surface area (TPSA) is 29.5 Å². The molecule has 0 unspecified atom stereocenters. The molecule has 0 aliphatic carbocycles. The molecule has 54 valence electrons. The molecule has 0 saturated carbocycles. The summed E-state index contributed by atoms with van der Waals surface area (Å²) >= 11 is 0. The van der Waals surface area contributed by atoms with Crippen LogP contribution < -0.4 is 0 Å². The van der Waals surface area contributed by atoms with Crippen molar-refractivity contribution in [2.75, 3.05) is 0 Å². The van der Waals surface area contributed by atoms with Crippen molar-refractivity contribution >= 4 is 0 Å². The van der Waals surface area contributed by atoms with E-state index in [1.165, 1.54) is 0 Å². The van der Waals surface area contributed by atoms with E-state index in [9.17, 15) is 5.11 Å². The minimum atomic E-state index is -0.235. The molecule has 1 aliphatic heterocycles. The third-order valence-electron chi connectivity index (χ3n) is 1.86. The van der Waals surface area contributed by atoms with Crippen molar-refractivity contribution in [3.05, 3.63) is 0 Å². The SMILES string of the molecule is C[C@@H]1O[C@@H](C)CC[C@@H]1O. The molecule has 1 rings (SSSR count). The Morgan fingerprint density at radius 3 is 2.44 bits per heavy atom. The highest BCUT2D eigenvalue weighted by Crippen LogP contribution is 2.18. The summed E-state index contributed by atoms with van der Waals surface area (Å²) in [5, 5.41) is 9.17. The Morgan fingerprint density at radius 1 is 1.33 bits per heavy atom. The summed E-state index contributed by atoms with van der Waals surface area (Å²) < 4.78 is 5.35. The van der Waals surface area contributed by atoms with Crippen LogP contribution in [0.4, 0.5) is 0 Å². The number of ether oxygens (including phenoxy) is 1. The van der Waals surface area contributed by atoms with Crippen LogP contribution in [0.1, 0.15) is 26.7 Å². The van der Waals surface area contributed by atoms with Gasteiger partial charge in [0.2, 0.25) is 0 Å². The van der Waals surface area contributed by atoms with Gasteiger partial charge in [-0.15, -0.1) is 0 Å². The molecular weight excluding hydrogens is 116 g/mol. The molecule has 2 nitrogen and oxygen atoms in total. The molecule has 0 radical (unpaired) electrons. The molecule has 1 fully saturated rings. The Hall–Kier alpha value is -0.0800. The van der Waals surface area contributed by atoms with Crippen molar-refractivity contribution in [2.24, 2.45) is 0 Å². The van der Waals surface area contributed by atoms with Crippen LogP contribution in [0.25, 0.3) is 0 Å². The Morgan fingerprint density at radius 2 is 2.00 bits per heavy atom. The summed E-state index contributed by atoms with van der Waals surface area (Å²) in [5.74, 6) is 0. The van der Waals surface area contributed by atoms with E-state index >= 15 is 0 Å². The summed E-state index contributed by atoms with van der Waals surface area (Å²) in [5.41, 5.74) is 0. The molecule has 1 heterocycles. The zero-order chi connectivity index (χ0) is 6.85. The van der Waals surface area contributed by atoms with E-state index in [4.69, 9.17) is 4.74 Å². The first-order valence-electron chi connectivity index (χ1n) is 3.53. The average Bonchev–Trinajstić information content (AvgIpc) is 1.80. The zero-order valence-electron chi connectivity index (χ0n) is 6.00. The van der Waals surface area contributed by atoms with Crippen LogP contribution in [0.5, 0.6) is 0 Å². The summed E-state index contributed by atoms with van der Waals surface area (Å²) in [6.45, 7) is 3.96. The standard InChI is InChI=1S/C7H14O2/c1-5-3-4-7(8)6(2)9-5/h5-8H,3-4H2,1-2H3/t5-,6-,7-/m0/s1. The van der Waals surface area contributed by atoms with Crippen molar-refractivity contribution in [3.63, 3.8) is 0 Å². The van der Waals surface area contributed by atoms with Gasteiger partial charge in [-0.25, -0.2) is 0 Å². The maximum Gasteiger partial charge on any atom is 0.0809 e. The quantitative estimate of drug-likeness (QED) is 0.528. The fourth-order valence-electron chi connectivity index (χ4n) is 1.17. The number of aliphatic hydroxyl groups is 1. The van der Waals surface area contributed by atoms with Crippen LogP contribution in [-0.4, -0.2) is 23.4 Å². The Kier molecular flexibility index (Phi) is 2.09. The third kappa shape index (κ3) is 1.66. The molecule has 1 N–H and O–H groups in total. The first kappa shape index (κ1) is 7.03. The van der Waals surface area contributed by atoms with E-state index in [-0.39, 0.29) is 12.2 Å². The molecule has 0 aromatic carbocycles. The Labute approximate surface area is 55.8 Å². The lowest BCUT2D eigenvalue weighted by Gasteiger charge is -2.29. The van der Waals surface area contributed by atoms with E-state index in [0.29, 0.717) is 6.10 Å². The van der Waals surface area contributed by atoms with Gasteiger partial charge in [-0.1, -0.05) is 0 Å². The number of rotatable bonds is 0. The second-order valence-corrected chi connectivity index (χ2v) is 2.80. The molecular formula is C7H14O2. The minimum Gasteiger partial charge on any atom is -0.390 e. The van der Waals surface area contributed by atoms with Crippen molar-refractivity contribution in [1.82, 2.24) is 0 Å². The average molecular weight is 130 g/mol. The van der Waals surface area contributed by atoms with Gasteiger partial charge >= 0.3 is 0 Å². The van der Waals surface area contributed by atoms with Gasteiger partial charge in [-0.3, -0.25) is 0 Å². The predicted octanol–water partition coefficient (Wildman–Crippen LogP) is 0.935. The van der Waals surface area contributed by atoms with Crippen molar-refractivity contribution < 1.29 is 9.84 Å². The lowest BCUT2D eigenvalue weighted by Crippen LogP contribution is -2.35. The summed E-state index contributed by atoms with van der Waals surface area (Å²) in [6, 6.07) is 0. The molecule has 9 heavy (non-hydrogen) atoms. The summed E-state index contributed by atoms with van der Waals surface area (Å²) in [7, 11) is 0. The molecule has 1 saturated heterocycles. The maximum atomic E-state index is 9.17. The lowest BCUT2D eigenvalue weighted by atomic mass is 10.0. The van der Waals surface area contributed by atoms with Crippen molar-refractivity contribution in [2.45, 2.75) is 45.0 Å². The Balaban J connectivity index is 2.35.